The van der Waals surface area contributed by atoms with Gasteiger partial charge in [0.25, 0.3) is 0 Å². The summed E-state index contributed by atoms with van der Waals surface area (Å²) < 4.78 is 19.5. The molecule has 0 saturated carbocycles. The van der Waals surface area contributed by atoms with Crippen molar-refractivity contribution in [3.05, 3.63) is 58.3 Å². The maximum atomic E-state index is 13.2. The van der Waals surface area contributed by atoms with Gasteiger partial charge in [-0.25, -0.2) is 4.39 Å². The first kappa shape index (κ1) is 14.0. The Bertz CT molecular complexity index is 536. The fourth-order valence-electron chi connectivity index (χ4n) is 1.71. The number of rotatable bonds is 4. The van der Waals surface area contributed by atoms with Crippen LogP contribution in [0.25, 0.3) is 0 Å². The number of benzene rings is 2. The van der Waals surface area contributed by atoms with Crippen molar-refractivity contribution in [3.63, 3.8) is 0 Å². The zero-order chi connectivity index (χ0) is 13.8. The highest BCUT2D eigenvalue weighted by atomic mass is 79.9. The first-order valence-corrected chi connectivity index (χ1v) is 6.79. The predicted molar refractivity (Wildman–Crippen MR) is 78.1 cm³/mol. The first-order valence-electron chi connectivity index (χ1n) is 5.99. The lowest BCUT2D eigenvalue weighted by Gasteiger charge is -2.11. The van der Waals surface area contributed by atoms with Gasteiger partial charge in [0.05, 0.1) is 0 Å². The van der Waals surface area contributed by atoms with Gasteiger partial charge in [0.15, 0.2) is 0 Å². The summed E-state index contributed by atoms with van der Waals surface area (Å²) in [6, 6.07) is 12.5. The molecule has 0 aliphatic carbocycles. The Morgan fingerprint density at radius 2 is 1.79 bits per heavy atom. The Hall–Kier alpha value is -1.39. The van der Waals surface area contributed by atoms with Crippen LogP contribution in [0.15, 0.2) is 46.9 Å². The van der Waals surface area contributed by atoms with E-state index in [0.717, 1.165) is 0 Å². The van der Waals surface area contributed by atoms with Crippen molar-refractivity contribution in [2.45, 2.75) is 13.0 Å². The van der Waals surface area contributed by atoms with E-state index in [1.807, 2.05) is 31.3 Å². The second kappa shape index (κ2) is 6.17. The largest absolute Gasteiger partial charge is 0.457 e. The highest BCUT2D eigenvalue weighted by Gasteiger charge is 2.04. The van der Waals surface area contributed by atoms with Crippen LogP contribution in [0, 0.1) is 5.82 Å². The third-order valence-electron chi connectivity index (χ3n) is 2.88. The summed E-state index contributed by atoms with van der Waals surface area (Å²) in [6.45, 7) is 2.08. The van der Waals surface area contributed by atoms with Gasteiger partial charge in [0.2, 0.25) is 0 Å². The van der Waals surface area contributed by atoms with Gasteiger partial charge in [-0.2, -0.15) is 0 Å². The highest BCUT2D eigenvalue weighted by molar-refractivity contribution is 9.10. The van der Waals surface area contributed by atoms with Gasteiger partial charge >= 0.3 is 0 Å². The molecular formula is C15H15BrFNO. The number of hydrogen-bond donors (Lipinski definition) is 1. The summed E-state index contributed by atoms with van der Waals surface area (Å²) >= 11 is 3.24. The van der Waals surface area contributed by atoms with Crippen LogP contribution in [-0.2, 0) is 0 Å². The van der Waals surface area contributed by atoms with E-state index in [0.29, 0.717) is 16.0 Å². The quantitative estimate of drug-likeness (QED) is 0.883. The van der Waals surface area contributed by atoms with Gasteiger partial charge in [-0.1, -0.05) is 28.1 Å². The van der Waals surface area contributed by atoms with E-state index in [1.165, 1.54) is 17.7 Å². The van der Waals surface area contributed by atoms with Crippen molar-refractivity contribution in [2.75, 3.05) is 7.05 Å². The van der Waals surface area contributed by atoms with E-state index < -0.39 is 0 Å². The van der Waals surface area contributed by atoms with Crippen LogP contribution in [-0.4, -0.2) is 7.05 Å². The molecule has 0 aliphatic rings. The lowest BCUT2D eigenvalue weighted by Crippen LogP contribution is -2.11. The van der Waals surface area contributed by atoms with Gasteiger partial charge < -0.3 is 10.1 Å². The average molecular weight is 324 g/mol. The summed E-state index contributed by atoms with van der Waals surface area (Å²) in [5.74, 6) is 0.829. The van der Waals surface area contributed by atoms with Crippen molar-refractivity contribution in [1.29, 1.82) is 0 Å². The van der Waals surface area contributed by atoms with E-state index in [2.05, 4.69) is 28.2 Å². The van der Waals surface area contributed by atoms with E-state index in [9.17, 15) is 4.39 Å². The van der Waals surface area contributed by atoms with Crippen LogP contribution in [0.3, 0.4) is 0 Å². The molecular weight excluding hydrogens is 309 g/mol. The molecule has 2 aromatic carbocycles. The normalized spacial score (nSPS) is 12.2. The number of nitrogens with one attached hydrogen (secondary N) is 1. The molecule has 0 spiro atoms. The zero-order valence-corrected chi connectivity index (χ0v) is 12.4. The van der Waals surface area contributed by atoms with Crippen molar-refractivity contribution in [3.8, 4) is 11.5 Å². The van der Waals surface area contributed by atoms with Crippen LogP contribution in [0.2, 0.25) is 0 Å². The lowest BCUT2D eigenvalue weighted by atomic mass is 10.1. The van der Waals surface area contributed by atoms with Crippen LogP contribution in [0.4, 0.5) is 4.39 Å². The fourth-order valence-corrected chi connectivity index (χ4v) is 2.16. The standard InChI is InChI=1S/C15H15BrFNO/c1-10(18-2)11-3-5-14(6-4-11)19-15-8-12(16)7-13(17)9-15/h3-10,18H,1-2H3. The van der Waals surface area contributed by atoms with Gasteiger partial charge in [-0.15, -0.1) is 0 Å². The van der Waals surface area contributed by atoms with Gasteiger partial charge in [-0.3, -0.25) is 0 Å². The molecule has 0 amide bonds. The molecule has 1 N–H and O–H groups in total. The molecule has 1 atom stereocenters. The smallest absolute Gasteiger partial charge is 0.131 e. The Labute approximate surface area is 120 Å². The molecule has 2 nitrogen and oxygen atoms in total. The summed E-state index contributed by atoms with van der Waals surface area (Å²) in [7, 11) is 1.92. The topological polar surface area (TPSA) is 21.3 Å². The van der Waals surface area contributed by atoms with Crippen molar-refractivity contribution >= 4 is 15.9 Å². The molecule has 2 aromatic rings. The average Bonchev–Trinajstić information content (AvgIpc) is 2.37. The zero-order valence-electron chi connectivity index (χ0n) is 10.8. The fraction of sp³-hybridized carbons (Fsp3) is 0.200. The molecule has 2 rings (SSSR count). The number of halogens is 2. The summed E-state index contributed by atoms with van der Waals surface area (Å²) in [6.07, 6.45) is 0. The lowest BCUT2D eigenvalue weighted by molar-refractivity contribution is 0.475. The molecule has 19 heavy (non-hydrogen) atoms. The molecule has 0 radical (unpaired) electrons. The second-order valence-electron chi connectivity index (χ2n) is 4.29. The molecule has 0 heterocycles. The van der Waals surface area contributed by atoms with Crippen molar-refractivity contribution < 1.29 is 9.13 Å². The molecule has 0 fully saturated rings. The van der Waals surface area contributed by atoms with Crippen molar-refractivity contribution in [1.82, 2.24) is 5.32 Å². The number of ether oxygens (including phenoxy) is 1. The Balaban J connectivity index is 2.15. The molecule has 1 unspecified atom stereocenters. The number of hydrogen-bond acceptors (Lipinski definition) is 2. The summed E-state index contributed by atoms with van der Waals surface area (Å²) in [5.41, 5.74) is 1.18. The third kappa shape index (κ3) is 3.78. The molecule has 0 saturated heterocycles. The molecule has 100 valence electrons. The summed E-state index contributed by atoms with van der Waals surface area (Å²) in [4.78, 5) is 0. The monoisotopic (exact) mass is 323 g/mol. The summed E-state index contributed by atoms with van der Waals surface area (Å²) in [5, 5.41) is 3.17. The Morgan fingerprint density at radius 3 is 2.37 bits per heavy atom. The van der Waals surface area contributed by atoms with Crippen LogP contribution in [0.1, 0.15) is 18.5 Å². The maximum Gasteiger partial charge on any atom is 0.131 e. The maximum absolute atomic E-state index is 13.2. The minimum absolute atomic E-state index is 0.289. The van der Waals surface area contributed by atoms with E-state index in [-0.39, 0.29) is 11.9 Å². The van der Waals surface area contributed by atoms with E-state index >= 15 is 0 Å². The first-order chi connectivity index (χ1) is 9.08. The van der Waals surface area contributed by atoms with Crippen molar-refractivity contribution in [2.24, 2.45) is 0 Å². The van der Waals surface area contributed by atoms with Crippen LogP contribution in [0.5, 0.6) is 11.5 Å². The van der Waals surface area contributed by atoms with Crippen LogP contribution >= 0.6 is 15.9 Å². The predicted octanol–water partition coefficient (Wildman–Crippen LogP) is 4.66. The molecule has 4 heteroatoms. The van der Waals surface area contributed by atoms with E-state index in [1.54, 1.807) is 6.07 Å². The van der Waals surface area contributed by atoms with Gasteiger partial charge in [-0.05, 0) is 43.8 Å². The van der Waals surface area contributed by atoms with E-state index in [4.69, 9.17) is 4.74 Å². The Morgan fingerprint density at radius 1 is 1.11 bits per heavy atom. The minimum atomic E-state index is -0.329. The SMILES string of the molecule is CNC(C)c1ccc(Oc2cc(F)cc(Br)c2)cc1. The van der Waals surface area contributed by atoms with Crippen LogP contribution < -0.4 is 10.1 Å². The van der Waals surface area contributed by atoms with Gasteiger partial charge in [0, 0.05) is 16.6 Å². The second-order valence-corrected chi connectivity index (χ2v) is 5.20. The van der Waals surface area contributed by atoms with Gasteiger partial charge in [0.1, 0.15) is 17.3 Å². The molecule has 0 bridgehead atoms. The molecule has 0 aliphatic heterocycles. The third-order valence-corrected chi connectivity index (χ3v) is 3.34. The Kier molecular flexibility index (Phi) is 4.56. The minimum Gasteiger partial charge on any atom is -0.457 e. The highest BCUT2D eigenvalue weighted by Crippen LogP contribution is 2.26. The molecule has 0 aromatic heterocycles.